The first-order valence-corrected chi connectivity index (χ1v) is 7.78. The molecular formula is C15H30N4O. The molecule has 0 aromatic rings. The van der Waals surface area contributed by atoms with Gasteiger partial charge in [-0.05, 0) is 32.1 Å². The molecule has 0 aromatic heterocycles. The van der Waals surface area contributed by atoms with E-state index in [1.54, 1.807) is 7.05 Å². The molecule has 5 heteroatoms. The highest BCUT2D eigenvalue weighted by Gasteiger charge is 2.22. The molecule has 1 rings (SSSR count). The molecule has 0 spiro atoms. The van der Waals surface area contributed by atoms with E-state index in [0.717, 1.165) is 31.9 Å². The third-order valence-electron chi connectivity index (χ3n) is 3.66. The number of aliphatic imine (C=N–C) groups is 1. The molecule has 0 aromatic carbocycles. The van der Waals surface area contributed by atoms with Crippen LogP contribution in [0.1, 0.15) is 46.5 Å². The van der Waals surface area contributed by atoms with Gasteiger partial charge < -0.3 is 15.5 Å². The summed E-state index contributed by atoms with van der Waals surface area (Å²) in [5, 5.41) is 6.45. The van der Waals surface area contributed by atoms with Crippen LogP contribution in [0.15, 0.2) is 4.99 Å². The molecule has 1 saturated heterocycles. The van der Waals surface area contributed by atoms with E-state index in [1.807, 2.05) is 4.90 Å². The summed E-state index contributed by atoms with van der Waals surface area (Å²) in [5.74, 6) is 1.60. The van der Waals surface area contributed by atoms with E-state index in [1.165, 1.54) is 6.42 Å². The van der Waals surface area contributed by atoms with E-state index >= 15 is 0 Å². The minimum Gasteiger partial charge on any atom is -0.356 e. The second-order valence-corrected chi connectivity index (χ2v) is 5.96. The number of hydrogen-bond donors (Lipinski definition) is 2. The average Bonchev–Trinajstić information content (AvgIpc) is 2.42. The number of amides is 1. The lowest BCUT2D eigenvalue weighted by molar-refractivity contribution is -0.134. The highest BCUT2D eigenvalue weighted by molar-refractivity contribution is 5.81. The van der Waals surface area contributed by atoms with Crippen molar-refractivity contribution in [3.8, 4) is 0 Å². The molecule has 1 atom stereocenters. The molecule has 1 heterocycles. The quantitative estimate of drug-likeness (QED) is 0.595. The van der Waals surface area contributed by atoms with Crippen molar-refractivity contribution in [3.05, 3.63) is 0 Å². The molecule has 116 valence electrons. The lowest BCUT2D eigenvalue weighted by atomic mass is 10.0. The number of carbonyl (C=O) groups excluding carboxylic acids is 1. The molecule has 1 amide bonds. The van der Waals surface area contributed by atoms with Crippen LogP contribution >= 0.6 is 0 Å². The normalized spacial score (nSPS) is 20.1. The Hall–Kier alpha value is -1.26. The minimum absolute atomic E-state index is 0.254. The highest BCUT2D eigenvalue weighted by atomic mass is 16.2. The number of piperidine rings is 1. The summed E-state index contributed by atoms with van der Waals surface area (Å²) in [6, 6.07) is 0.398. The van der Waals surface area contributed by atoms with E-state index in [-0.39, 0.29) is 5.91 Å². The second kappa shape index (κ2) is 8.82. The van der Waals surface area contributed by atoms with Gasteiger partial charge in [-0.15, -0.1) is 0 Å². The maximum Gasteiger partial charge on any atom is 0.224 e. The number of hydrogen-bond acceptors (Lipinski definition) is 2. The van der Waals surface area contributed by atoms with E-state index < -0.39 is 0 Å². The van der Waals surface area contributed by atoms with Crippen LogP contribution in [0.2, 0.25) is 0 Å². The van der Waals surface area contributed by atoms with Crippen molar-refractivity contribution in [2.24, 2.45) is 10.9 Å². The van der Waals surface area contributed by atoms with Crippen LogP contribution in [0.4, 0.5) is 0 Å². The Bertz CT molecular complexity index is 328. The summed E-state index contributed by atoms with van der Waals surface area (Å²) < 4.78 is 0. The third kappa shape index (κ3) is 5.80. The van der Waals surface area contributed by atoms with Gasteiger partial charge in [0.1, 0.15) is 0 Å². The van der Waals surface area contributed by atoms with Crippen molar-refractivity contribution in [3.63, 3.8) is 0 Å². The van der Waals surface area contributed by atoms with Gasteiger partial charge in [0.2, 0.25) is 5.91 Å². The number of guanidine groups is 1. The van der Waals surface area contributed by atoms with Crippen molar-refractivity contribution in [2.45, 2.75) is 52.5 Å². The molecule has 1 unspecified atom stereocenters. The minimum atomic E-state index is 0.254. The maximum atomic E-state index is 12.2. The zero-order chi connectivity index (χ0) is 15.0. The van der Waals surface area contributed by atoms with Crippen LogP contribution in [-0.2, 0) is 4.79 Å². The standard InChI is InChI=1S/C15H30N4O/c1-12(2)11-18-15(16-4)17-9-8-14(20)19-10-6-5-7-13(19)3/h12-13H,5-11H2,1-4H3,(H2,16,17,18). The zero-order valence-electron chi connectivity index (χ0n) is 13.4. The molecule has 0 saturated carbocycles. The number of likely N-dealkylation sites (tertiary alicyclic amines) is 1. The predicted molar refractivity (Wildman–Crippen MR) is 83.8 cm³/mol. The van der Waals surface area contributed by atoms with Gasteiger partial charge in [0.15, 0.2) is 5.96 Å². The van der Waals surface area contributed by atoms with Gasteiger partial charge in [0.25, 0.3) is 0 Å². The summed E-state index contributed by atoms with van der Waals surface area (Å²) in [4.78, 5) is 18.3. The number of rotatable bonds is 5. The van der Waals surface area contributed by atoms with Crippen LogP contribution in [0.3, 0.4) is 0 Å². The summed E-state index contributed by atoms with van der Waals surface area (Å²) >= 11 is 0. The van der Waals surface area contributed by atoms with Gasteiger partial charge in [0.05, 0.1) is 0 Å². The van der Waals surface area contributed by atoms with E-state index in [4.69, 9.17) is 0 Å². The number of carbonyl (C=O) groups is 1. The molecular weight excluding hydrogens is 252 g/mol. The first-order valence-electron chi connectivity index (χ1n) is 7.78. The molecule has 1 aliphatic rings. The molecule has 0 radical (unpaired) electrons. The first-order chi connectivity index (χ1) is 9.54. The fraction of sp³-hybridized carbons (Fsp3) is 0.867. The summed E-state index contributed by atoms with van der Waals surface area (Å²) in [6.45, 7) is 8.90. The lowest BCUT2D eigenvalue weighted by Gasteiger charge is -2.33. The van der Waals surface area contributed by atoms with Crippen molar-refractivity contribution in [1.29, 1.82) is 0 Å². The Morgan fingerprint density at radius 1 is 1.35 bits per heavy atom. The summed E-state index contributed by atoms with van der Waals surface area (Å²) in [7, 11) is 1.75. The second-order valence-electron chi connectivity index (χ2n) is 5.96. The lowest BCUT2D eigenvalue weighted by Crippen LogP contribution is -2.44. The van der Waals surface area contributed by atoms with Crippen molar-refractivity contribution in [2.75, 3.05) is 26.7 Å². The van der Waals surface area contributed by atoms with Crippen molar-refractivity contribution in [1.82, 2.24) is 15.5 Å². The van der Waals surface area contributed by atoms with Crippen LogP contribution in [-0.4, -0.2) is 49.5 Å². The molecule has 1 aliphatic heterocycles. The van der Waals surface area contributed by atoms with Gasteiger partial charge in [-0.3, -0.25) is 9.79 Å². The number of nitrogens with zero attached hydrogens (tertiary/aromatic N) is 2. The van der Waals surface area contributed by atoms with Gasteiger partial charge in [-0.1, -0.05) is 13.8 Å². The maximum absolute atomic E-state index is 12.2. The van der Waals surface area contributed by atoms with Crippen LogP contribution in [0.25, 0.3) is 0 Å². The van der Waals surface area contributed by atoms with E-state index in [0.29, 0.717) is 24.9 Å². The Morgan fingerprint density at radius 2 is 2.10 bits per heavy atom. The summed E-state index contributed by atoms with van der Waals surface area (Å²) in [6.07, 6.45) is 4.06. The van der Waals surface area contributed by atoms with Crippen LogP contribution < -0.4 is 10.6 Å². The molecule has 5 nitrogen and oxygen atoms in total. The molecule has 1 fully saturated rings. The average molecular weight is 282 g/mol. The van der Waals surface area contributed by atoms with Crippen molar-refractivity contribution >= 4 is 11.9 Å². The van der Waals surface area contributed by atoms with Crippen LogP contribution in [0, 0.1) is 5.92 Å². The Morgan fingerprint density at radius 3 is 2.70 bits per heavy atom. The topological polar surface area (TPSA) is 56.7 Å². The zero-order valence-corrected chi connectivity index (χ0v) is 13.4. The number of nitrogens with one attached hydrogen (secondary N) is 2. The Balaban J connectivity index is 2.26. The molecule has 2 N–H and O–H groups in total. The fourth-order valence-electron chi connectivity index (χ4n) is 2.42. The monoisotopic (exact) mass is 282 g/mol. The SMILES string of the molecule is CN=C(NCCC(=O)N1CCCCC1C)NCC(C)C. The fourth-order valence-corrected chi connectivity index (χ4v) is 2.42. The Kier molecular flexibility index (Phi) is 7.41. The molecule has 20 heavy (non-hydrogen) atoms. The van der Waals surface area contributed by atoms with Crippen LogP contribution in [0.5, 0.6) is 0 Å². The first kappa shape index (κ1) is 16.8. The van der Waals surface area contributed by atoms with Gasteiger partial charge in [-0.2, -0.15) is 0 Å². The van der Waals surface area contributed by atoms with Gasteiger partial charge in [-0.25, -0.2) is 0 Å². The highest BCUT2D eigenvalue weighted by Crippen LogP contribution is 2.16. The Labute approximate surface area is 123 Å². The van der Waals surface area contributed by atoms with Gasteiger partial charge in [0, 0.05) is 39.1 Å². The predicted octanol–water partition coefficient (Wildman–Crippen LogP) is 1.60. The third-order valence-corrected chi connectivity index (χ3v) is 3.66. The van der Waals surface area contributed by atoms with E-state index in [9.17, 15) is 4.79 Å². The molecule has 0 bridgehead atoms. The smallest absolute Gasteiger partial charge is 0.224 e. The van der Waals surface area contributed by atoms with Gasteiger partial charge >= 0.3 is 0 Å². The largest absolute Gasteiger partial charge is 0.356 e. The molecule has 0 aliphatic carbocycles. The van der Waals surface area contributed by atoms with E-state index in [2.05, 4.69) is 36.4 Å². The van der Waals surface area contributed by atoms with Crippen molar-refractivity contribution < 1.29 is 4.79 Å². The summed E-state index contributed by atoms with van der Waals surface area (Å²) in [5.41, 5.74) is 0.